The highest BCUT2D eigenvalue weighted by atomic mass is 16.5. The van der Waals surface area contributed by atoms with Crippen molar-refractivity contribution in [3.05, 3.63) is 89.6 Å². The van der Waals surface area contributed by atoms with Gasteiger partial charge in [0.05, 0.1) is 6.61 Å². The van der Waals surface area contributed by atoms with Crippen molar-refractivity contribution in [2.45, 2.75) is 26.2 Å². The number of carbonyl (C=O) groups excluding carboxylic acids is 1. The molecule has 0 radical (unpaired) electrons. The van der Waals surface area contributed by atoms with Crippen LogP contribution >= 0.6 is 0 Å². The zero-order chi connectivity index (χ0) is 24.7. The number of hydrogen-bond acceptors (Lipinski definition) is 6. The summed E-state index contributed by atoms with van der Waals surface area (Å²) in [5, 5.41) is 10.9. The molecule has 0 spiro atoms. The van der Waals surface area contributed by atoms with Gasteiger partial charge >= 0.3 is 0 Å². The molecule has 0 aliphatic carbocycles. The molecule has 0 bridgehead atoms. The molecule has 1 amide bonds. The van der Waals surface area contributed by atoms with Gasteiger partial charge in [-0.05, 0) is 72.2 Å². The molecule has 2 aromatic heterocycles. The van der Waals surface area contributed by atoms with Crippen LogP contribution in [-0.2, 0) is 11.2 Å². The van der Waals surface area contributed by atoms with E-state index in [0.29, 0.717) is 30.6 Å². The minimum Gasteiger partial charge on any atom is -0.493 e. The number of rotatable bonds is 8. The van der Waals surface area contributed by atoms with E-state index < -0.39 is 5.91 Å². The third-order valence-corrected chi connectivity index (χ3v) is 6.31. The summed E-state index contributed by atoms with van der Waals surface area (Å²) in [5.41, 5.74) is 4.17. The van der Waals surface area contributed by atoms with E-state index in [0.717, 1.165) is 54.1 Å². The van der Waals surface area contributed by atoms with Crippen molar-refractivity contribution in [2.75, 3.05) is 25.1 Å². The number of nitrogens with zero attached hydrogens (tertiary/aromatic N) is 3. The number of ether oxygens (including phenoxy) is 2. The molecule has 4 aromatic rings. The quantitative estimate of drug-likeness (QED) is 0.372. The molecule has 8 heteroatoms. The molecule has 1 aliphatic rings. The van der Waals surface area contributed by atoms with Crippen LogP contribution in [0.4, 0.5) is 5.82 Å². The predicted molar refractivity (Wildman–Crippen MR) is 137 cm³/mol. The van der Waals surface area contributed by atoms with E-state index in [1.165, 1.54) is 0 Å². The molecule has 1 fully saturated rings. The summed E-state index contributed by atoms with van der Waals surface area (Å²) in [5.74, 6) is 2.17. The molecule has 184 valence electrons. The zero-order valence-corrected chi connectivity index (χ0v) is 20.2. The van der Waals surface area contributed by atoms with Gasteiger partial charge in [-0.25, -0.2) is 4.98 Å². The number of amides is 1. The Morgan fingerprint density at radius 2 is 1.92 bits per heavy atom. The lowest BCUT2D eigenvalue weighted by Crippen LogP contribution is -2.21. The SMILES string of the molecule is Cc1ccc(OCC2CCOCC2)cc1-c1ccnc(NC(=O)c2nnc(Cc3ccccc3)[nH]2)c1. The van der Waals surface area contributed by atoms with E-state index in [4.69, 9.17) is 9.47 Å². The highest BCUT2D eigenvalue weighted by molar-refractivity contribution is 6.01. The lowest BCUT2D eigenvalue weighted by atomic mass is 10.0. The number of aryl methyl sites for hydroxylation is 1. The van der Waals surface area contributed by atoms with Crippen LogP contribution in [0.15, 0.2) is 66.9 Å². The number of benzene rings is 2. The number of aromatic nitrogens is 4. The highest BCUT2D eigenvalue weighted by Crippen LogP contribution is 2.29. The van der Waals surface area contributed by atoms with Crippen LogP contribution in [0, 0.1) is 12.8 Å². The molecule has 2 aromatic carbocycles. The molecule has 8 nitrogen and oxygen atoms in total. The van der Waals surface area contributed by atoms with Gasteiger partial charge in [0.25, 0.3) is 5.91 Å². The Labute approximate surface area is 210 Å². The van der Waals surface area contributed by atoms with Crippen LogP contribution in [0.2, 0.25) is 0 Å². The first-order chi connectivity index (χ1) is 17.6. The summed E-state index contributed by atoms with van der Waals surface area (Å²) in [4.78, 5) is 20.1. The lowest BCUT2D eigenvalue weighted by Gasteiger charge is -2.22. The average Bonchev–Trinajstić information content (AvgIpc) is 3.38. The van der Waals surface area contributed by atoms with E-state index in [9.17, 15) is 4.79 Å². The topological polar surface area (TPSA) is 102 Å². The summed E-state index contributed by atoms with van der Waals surface area (Å²) in [6.45, 7) is 4.36. The summed E-state index contributed by atoms with van der Waals surface area (Å²) in [7, 11) is 0. The summed E-state index contributed by atoms with van der Waals surface area (Å²) < 4.78 is 11.5. The number of hydrogen-bond donors (Lipinski definition) is 2. The van der Waals surface area contributed by atoms with E-state index in [1.807, 2.05) is 54.6 Å². The Morgan fingerprint density at radius 3 is 2.75 bits per heavy atom. The van der Waals surface area contributed by atoms with Gasteiger partial charge in [0.2, 0.25) is 5.82 Å². The van der Waals surface area contributed by atoms with Crippen LogP contribution in [0.1, 0.15) is 40.4 Å². The second-order valence-electron chi connectivity index (χ2n) is 9.01. The maximum Gasteiger partial charge on any atom is 0.294 e. The zero-order valence-electron chi connectivity index (χ0n) is 20.2. The number of nitrogens with one attached hydrogen (secondary N) is 2. The summed E-state index contributed by atoms with van der Waals surface area (Å²) in [6.07, 6.45) is 4.32. The van der Waals surface area contributed by atoms with Crippen molar-refractivity contribution in [2.24, 2.45) is 5.92 Å². The van der Waals surface area contributed by atoms with Crippen LogP contribution < -0.4 is 10.1 Å². The second kappa shape index (κ2) is 11.1. The highest BCUT2D eigenvalue weighted by Gasteiger charge is 2.16. The molecule has 0 saturated carbocycles. The van der Waals surface area contributed by atoms with Gasteiger partial charge < -0.3 is 19.8 Å². The van der Waals surface area contributed by atoms with Gasteiger partial charge in [0, 0.05) is 25.8 Å². The number of aromatic amines is 1. The fourth-order valence-corrected chi connectivity index (χ4v) is 4.24. The maximum atomic E-state index is 12.8. The van der Waals surface area contributed by atoms with Crippen molar-refractivity contribution in [1.82, 2.24) is 20.2 Å². The molecule has 3 heterocycles. The molecule has 1 saturated heterocycles. The van der Waals surface area contributed by atoms with Crippen LogP contribution in [0.3, 0.4) is 0 Å². The van der Waals surface area contributed by atoms with E-state index in [1.54, 1.807) is 6.20 Å². The fourth-order valence-electron chi connectivity index (χ4n) is 4.24. The van der Waals surface area contributed by atoms with Crippen molar-refractivity contribution < 1.29 is 14.3 Å². The number of pyridine rings is 1. The third-order valence-electron chi connectivity index (χ3n) is 6.31. The number of H-pyrrole nitrogens is 1. The monoisotopic (exact) mass is 483 g/mol. The van der Waals surface area contributed by atoms with E-state index in [2.05, 4.69) is 38.5 Å². The molecule has 1 aliphatic heterocycles. The largest absolute Gasteiger partial charge is 0.493 e. The molecular weight excluding hydrogens is 454 g/mol. The third kappa shape index (κ3) is 5.95. The minimum absolute atomic E-state index is 0.146. The molecule has 0 unspecified atom stereocenters. The summed E-state index contributed by atoms with van der Waals surface area (Å²) in [6, 6.07) is 19.8. The van der Waals surface area contributed by atoms with Crippen LogP contribution in [0.25, 0.3) is 11.1 Å². The Bertz CT molecular complexity index is 1320. The van der Waals surface area contributed by atoms with Crippen LogP contribution in [-0.4, -0.2) is 45.9 Å². The maximum absolute atomic E-state index is 12.8. The number of carbonyl (C=O) groups is 1. The van der Waals surface area contributed by atoms with Crippen molar-refractivity contribution >= 4 is 11.7 Å². The number of anilines is 1. The first-order valence-electron chi connectivity index (χ1n) is 12.2. The fraction of sp³-hybridized carbons (Fsp3) is 0.286. The van der Waals surface area contributed by atoms with Gasteiger partial charge in [0.15, 0.2) is 0 Å². The standard InChI is InChI=1S/C28H29N5O3/c1-19-7-8-23(36-18-21-10-13-35-14-11-21)17-24(19)22-9-12-29-25(16-22)31-28(34)27-30-26(32-33-27)15-20-5-3-2-4-6-20/h2-9,12,16-17,21H,10-11,13-15,18H2,1H3,(H,29,31,34)(H,30,32,33). The van der Waals surface area contributed by atoms with Crippen molar-refractivity contribution in [1.29, 1.82) is 0 Å². The van der Waals surface area contributed by atoms with E-state index in [-0.39, 0.29) is 5.82 Å². The Hall–Kier alpha value is -4.04. The van der Waals surface area contributed by atoms with Gasteiger partial charge in [-0.2, -0.15) is 0 Å². The molecular formula is C28H29N5O3. The Kier molecular flexibility index (Phi) is 7.33. The van der Waals surface area contributed by atoms with Crippen molar-refractivity contribution in [3.8, 4) is 16.9 Å². The minimum atomic E-state index is -0.392. The normalized spacial score (nSPS) is 13.9. The van der Waals surface area contributed by atoms with Gasteiger partial charge in [-0.3, -0.25) is 4.79 Å². The predicted octanol–water partition coefficient (Wildman–Crippen LogP) is 4.82. The average molecular weight is 484 g/mol. The van der Waals surface area contributed by atoms with Gasteiger partial charge in [0.1, 0.15) is 17.4 Å². The van der Waals surface area contributed by atoms with Gasteiger partial charge in [-0.1, -0.05) is 36.4 Å². The molecule has 0 atom stereocenters. The Balaban J connectivity index is 1.26. The van der Waals surface area contributed by atoms with E-state index >= 15 is 0 Å². The lowest BCUT2D eigenvalue weighted by molar-refractivity contribution is 0.0497. The Morgan fingerprint density at radius 1 is 1.08 bits per heavy atom. The summed E-state index contributed by atoms with van der Waals surface area (Å²) >= 11 is 0. The second-order valence-corrected chi connectivity index (χ2v) is 9.01. The first kappa shape index (κ1) is 23.7. The van der Waals surface area contributed by atoms with Crippen molar-refractivity contribution in [3.63, 3.8) is 0 Å². The molecule has 2 N–H and O–H groups in total. The molecule has 36 heavy (non-hydrogen) atoms. The molecule has 5 rings (SSSR count). The smallest absolute Gasteiger partial charge is 0.294 e. The van der Waals surface area contributed by atoms with Gasteiger partial charge in [-0.15, -0.1) is 10.2 Å². The van der Waals surface area contributed by atoms with Crippen LogP contribution in [0.5, 0.6) is 5.75 Å². The first-order valence-corrected chi connectivity index (χ1v) is 12.2.